The summed E-state index contributed by atoms with van der Waals surface area (Å²) in [7, 11) is 1.61. The third kappa shape index (κ3) is 11.2. The summed E-state index contributed by atoms with van der Waals surface area (Å²) < 4.78 is 47.7. The van der Waals surface area contributed by atoms with Crippen LogP contribution in [-0.2, 0) is 29.3 Å². The third-order valence-electron chi connectivity index (χ3n) is 11.2. The number of nitrogens with zero attached hydrogens (tertiary/aromatic N) is 4. The molecular formula is C49H58FN5O8. The first-order chi connectivity index (χ1) is 30.3. The van der Waals surface area contributed by atoms with Crippen LogP contribution in [0.15, 0.2) is 97.6 Å². The maximum atomic E-state index is 16.4. The number of rotatable bonds is 20. The molecule has 1 amide bonds. The molecule has 3 aromatic carbocycles. The number of aromatic nitrogens is 4. The van der Waals surface area contributed by atoms with Crippen molar-refractivity contribution < 1.29 is 42.8 Å². The fourth-order valence-corrected chi connectivity index (χ4v) is 8.04. The molecule has 3 heterocycles. The molecule has 1 aliphatic rings. The molecule has 0 spiro atoms. The predicted molar refractivity (Wildman–Crippen MR) is 237 cm³/mol. The summed E-state index contributed by atoms with van der Waals surface area (Å²) in [6.45, 7) is 7.55. The number of methoxy groups -OCH3 is 1. The van der Waals surface area contributed by atoms with E-state index in [0.29, 0.717) is 25.0 Å². The number of halogens is 1. The maximum absolute atomic E-state index is 16.4. The Hall–Kier alpha value is -5.88. The van der Waals surface area contributed by atoms with E-state index >= 15 is 4.39 Å². The lowest BCUT2D eigenvalue weighted by atomic mass is 9.80. The lowest BCUT2D eigenvalue weighted by Crippen LogP contribution is -2.43. The number of nitrogens with one attached hydrogen (secondary N) is 1. The molecule has 2 aromatic heterocycles. The van der Waals surface area contributed by atoms with E-state index in [2.05, 4.69) is 33.1 Å². The number of carbonyl (C=O) groups excluding carboxylic acids is 2. The number of hydrogen-bond donors (Lipinski definition) is 2. The van der Waals surface area contributed by atoms with Crippen molar-refractivity contribution in [2.45, 2.75) is 120 Å². The Morgan fingerprint density at radius 2 is 1.60 bits per heavy atom. The van der Waals surface area contributed by atoms with E-state index in [4.69, 9.17) is 30.1 Å². The molecular weight excluding hydrogens is 806 g/mol. The first kappa shape index (κ1) is 46.6. The minimum Gasteiger partial charge on any atom is -0.497 e. The summed E-state index contributed by atoms with van der Waals surface area (Å²) in [5, 5.41) is 14.8. The van der Waals surface area contributed by atoms with Crippen LogP contribution in [0.2, 0.25) is 0 Å². The van der Waals surface area contributed by atoms with Gasteiger partial charge in [-0.3, -0.25) is 5.32 Å². The highest BCUT2D eigenvalue weighted by Gasteiger charge is 2.44. The number of aliphatic hydroxyl groups is 1. The van der Waals surface area contributed by atoms with Crippen LogP contribution in [0, 0.1) is 12.3 Å². The summed E-state index contributed by atoms with van der Waals surface area (Å²) in [6, 6.07) is 26.3. The molecule has 3 unspecified atom stereocenters. The Morgan fingerprint density at radius 3 is 2.22 bits per heavy atom. The molecule has 1 aliphatic heterocycles. The molecule has 13 nitrogen and oxygen atoms in total. The first-order valence-corrected chi connectivity index (χ1v) is 21.5. The Balaban J connectivity index is 1.22. The molecule has 0 radical (unpaired) electrons. The van der Waals surface area contributed by atoms with Crippen LogP contribution >= 0.6 is 0 Å². The Kier molecular flexibility index (Phi) is 15.5. The van der Waals surface area contributed by atoms with E-state index in [-0.39, 0.29) is 30.2 Å². The highest BCUT2D eigenvalue weighted by molar-refractivity contribution is 5.93. The Morgan fingerprint density at radius 1 is 0.952 bits per heavy atom. The molecule has 5 aromatic rings. The molecule has 1 saturated heterocycles. The molecule has 2 N–H and O–H groups in total. The van der Waals surface area contributed by atoms with Crippen LogP contribution in [0.4, 0.5) is 15.0 Å². The largest absolute Gasteiger partial charge is 0.497 e. The SMILES string of the molecule is C#CC(O)(C[C@H](F)C(=O)OC1CCOC1COC(c1ccccc1)(c1ccccc1)c1ccc(OC)cc1)[C@@H](CCCCCCC)n1cnc2c(NC(=O)OC(C)(C)C)ncnc21. The average molecular weight is 864 g/mol. The number of imidazole rings is 1. The summed E-state index contributed by atoms with van der Waals surface area (Å²) in [5.74, 6) is 1.99. The van der Waals surface area contributed by atoms with Crippen LogP contribution in [0.1, 0.15) is 102 Å². The number of ether oxygens (including phenoxy) is 5. The lowest BCUT2D eigenvalue weighted by molar-refractivity contribution is -0.163. The number of alkyl halides is 1. The van der Waals surface area contributed by atoms with Crippen LogP contribution in [0.5, 0.6) is 5.75 Å². The van der Waals surface area contributed by atoms with Crippen molar-refractivity contribution in [2.24, 2.45) is 0 Å². The van der Waals surface area contributed by atoms with Crippen molar-refractivity contribution in [1.29, 1.82) is 0 Å². The highest BCUT2D eigenvalue weighted by Crippen LogP contribution is 2.42. The summed E-state index contributed by atoms with van der Waals surface area (Å²) in [6.07, 6.45) is 8.37. The van der Waals surface area contributed by atoms with Crippen molar-refractivity contribution in [3.8, 4) is 18.1 Å². The number of carbonyl (C=O) groups is 2. The molecule has 0 bridgehead atoms. The van der Waals surface area contributed by atoms with Gasteiger partial charge in [0, 0.05) is 12.8 Å². The third-order valence-corrected chi connectivity index (χ3v) is 11.2. The van der Waals surface area contributed by atoms with Crippen LogP contribution < -0.4 is 10.1 Å². The number of unbranched alkanes of at least 4 members (excludes halogenated alkanes) is 4. The lowest BCUT2D eigenvalue weighted by Gasteiger charge is -2.37. The summed E-state index contributed by atoms with van der Waals surface area (Å²) in [5.41, 5.74) is -1.07. The van der Waals surface area contributed by atoms with Crippen molar-refractivity contribution >= 4 is 29.0 Å². The van der Waals surface area contributed by atoms with Crippen molar-refractivity contribution in [2.75, 3.05) is 25.6 Å². The topological polar surface area (TPSA) is 156 Å². The van der Waals surface area contributed by atoms with Gasteiger partial charge in [-0.2, -0.15) is 0 Å². The summed E-state index contributed by atoms with van der Waals surface area (Å²) in [4.78, 5) is 39.4. The number of esters is 1. The zero-order valence-corrected chi connectivity index (χ0v) is 36.7. The summed E-state index contributed by atoms with van der Waals surface area (Å²) >= 11 is 0. The van der Waals surface area contributed by atoms with E-state index in [0.717, 1.165) is 42.4 Å². The number of fused-ring (bicyclic) bond motifs is 1. The van der Waals surface area contributed by atoms with Gasteiger partial charge in [-0.15, -0.1) is 6.42 Å². The molecule has 5 atom stereocenters. The second-order valence-electron chi connectivity index (χ2n) is 16.8. The molecule has 334 valence electrons. The maximum Gasteiger partial charge on any atom is 0.413 e. The smallest absolute Gasteiger partial charge is 0.413 e. The zero-order chi connectivity index (χ0) is 45.0. The van der Waals surface area contributed by atoms with Gasteiger partial charge in [0.2, 0.25) is 6.17 Å². The van der Waals surface area contributed by atoms with Crippen LogP contribution in [-0.4, -0.2) is 86.6 Å². The average Bonchev–Trinajstić information content (AvgIpc) is 3.92. The number of anilines is 1. The molecule has 63 heavy (non-hydrogen) atoms. The van der Waals surface area contributed by atoms with Crippen LogP contribution in [0.25, 0.3) is 11.2 Å². The molecule has 6 rings (SSSR count). The van der Waals surface area contributed by atoms with Gasteiger partial charge in [0.1, 0.15) is 41.1 Å². The van der Waals surface area contributed by atoms with Gasteiger partial charge < -0.3 is 33.4 Å². The van der Waals surface area contributed by atoms with E-state index in [1.165, 1.54) is 12.7 Å². The number of amides is 1. The normalized spacial score (nSPS) is 17.3. The van der Waals surface area contributed by atoms with Gasteiger partial charge >= 0.3 is 12.1 Å². The predicted octanol–water partition coefficient (Wildman–Crippen LogP) is 8.89. The van der Waals surface area contributed by atoms with Crippen molar-refractivity contribution in [3.05, 3.63) is 114 Å². The number of benzene rings is 3. The van der Waals surface area contributed by atoms with Gasteiger partial charge in [0.15, 0.2) is 17.0 Å². The fourth-order valence-electron chi connectivity index (χ4n) is 8.04. The highest BCUT2D eigenvalue weighted by atomic mass is 19.1. The minimum absolute atomic E-state index is 0.0144. The Labute approximate surface area is 368 Å². The fraction of sp³-hybridized carbons (Fsp3) is 0.449. The first-order valence-electron chi connectivity index (χ1n) is 21.5. The van der Waals surface area contributed by atoms with Crippen molar-refractivity contribution in [3.63, 3.8) is 0 Å². The van der Waals surface area contributed by atoms with Gasteiger partial charge in [0.05, 0.1) is 32.7 Å². The zero-order valence-electron chi connectivity index (χ0n) is 36.7. The second kappa shape index (κ2) is 21.0. The number of terminal acetylenes is 1. The van der Waals surface area contributed by atoms with Crippen LogP contribution in [0.3, 0.4) is 0 Å². The van der Waals surface area contributed by atoms with E-state index < -0.39 is 59.7 Å². The monoisotopic (exact) mass is 863 g/mol. The number of hydrogen-bond acceptors (Lipinski definition) is 11. The van der Waals surface area contributed by atoms with E-state index in [1.54, 1.807) is 32.4 Å². The molecule has 0 saturated carbocycles. The van der Waals surface area contributed by atoms with Crippen molar-refractivity contribution in [1.82, 2.24) is 19.5 Å². The van der Waals surface area contributed by atoms with E-state index in [9.17, 15) is 14.7 Å². The van der Waals surface area contributed by atoms with Gasteiger partial charge in [-0.05, 0) is 56.0 Å². The molecule has 0 aliphatic carbocycles. The van der Waals surface area contributed by atoms with E-state index in [1.807, 2.05) is 84.9 Å². The minimum atomic E-state index is -2.31. The molecule has 1 fully saturated rings. The Bertz CT molecular complexity index is 2260. The molecule has 14 heteroatoms. The van der Waals surface area contributed by atoms with Gasteiger partial charge in [-0.25, -0.2) is 28.9 Å². The quantitative estimate of drug-likeness (QED) is 0.0334. The standard InChI is InChI=1S/C49H58FN5O8/c1-7-9-10-11-18-23-41(55-33-53-42-43(51-32-52-44(42)55)54-46(57)63-47(3,4)5)48(58,8-2)30-38(50)45(56)62-39-28-29-60-40(39)31-61-49(34-19-14-12-15-20-34,35-21-16-13-17-22-35)36-24-26-37(59-6)27-25-36/h2,12-17,19-22,24-27,32-33,38-41,58H,7,9-11,18,23,28-31H2,1,3-6H3,(H,51,52,54,57)/t38-,39?,40?,41+,48?/m0/s1. The van der Waals surface area contributed by atoms with Gasteiger partial charge in [-0.1, -0.05) is 118 Å². The second-order valence-corrected chi connectivity index (χ2v) is 16.8. The van der Waals surface area contributed by atoms with Gasteiger partial charge in [0.25, 0.3) is 0 Å².